The van der Waals surface area contributed by atoms with Crippen LogP contribution in [0.25, 0.3) is 0 Å². The maximum absolute atomic E-state index is 11.5. The number of halogens is 1. The van der Waals surface area contributed by atoms with Gasteiger partial charge in [0.2, 0.25) is 10.0 Å². The molecule has 0 atom stereocenters. The van der Waals surface area contributed by atoms with E-state index in [1.807, 2.05) is 55.3 Å². The number of hydrogen-bond donors (Lipinski definition) is 2. The summed E-state index contributed by atoms with van der Waals surface area (Å²) in [5, 5.41) is 8.41. The van der Waals surface area contributed by atoms with Gasteiger partial charge in [-0.3, -0.25) is 0 Å². The minimum absolute atomic E-state index is 0. The Bertz CT molecular complexity index is 860. The van der Waals surface area contributed by atoms with Crippen LogP contribution in [0.2, 0.25) is 0 Å². The number of sulfonamides is 1. The maximum atomic E-state index is 11.5. The van der Waals surface area contributed by atoms with Crippen molar-refractivity contribution in [3.05, 3.63) is 60.2 Å². The average molecular weight is 518 g/mol. The second kappa shape index (κ2) is 11.9. The normalized spacial score (nSPS) is 11.5. The Balaban J connectivity index is 0.00000392. The van der Waals surface area contributed by atoms with Crippen molar-refractivity contribution in [3.8, 4) is 5.75 Å². The largest absolute Gasteiger partial charge is 0.492 e. The van der Waals surface area contributed by atoms with Gasteiger partial charge in [0.25, 0.3) is 0 Å². The topological polar surface area (TPSA) is 97.0 Å². The van der Waals surface area contributed by atoms with Crippen LogP contribution in [0.4, 0.5) is 0 Å². The summed E-state index contributed by atoms with van der Waals surface area (Å²) in [5.74, 6) is 1.54. The Morgan fingerprint density at radius 3 is 2.54 bits per heavy atom. The number of primary sulfonamides is 1. The third-order valence-corrected chi connectivity index (χ3v) is 4.68. The summed E-state index contributed by atoms with van der Waals surface area (Å²) in [6.07, 6.45) is 0. The summed E-state index contributed by atoms with van der Waals surface area (Å²) in [6, 6.07) is 16.1. The minimum atomic E-state index is -3.72. The molecule has 0 unspecified atom stereocenters. The molecule has 0 aliphatic heterocycles. The highest BCUT2D eigenvalue weighted by Crippen LogP contribution is 2.11. The highest BCUT2D eigenvalue weighted by Gasteiger charge is 2.09. The summed E-state index contributed by atoms with van der Waals surface area (Å²) >= 11 is 0. The number of likely N-dealkylation sites (N-methyl/N-ethyl adjacent to an activating group) is 1. The van der Waals surface area contributed by atoms with Gasteiger partial charge in [-0.05, 0) is 36.8 Å². The van der Waals surface area contributed by atoms with Crippen LogP contribution >= 0.6 is 24.0 Å². The van der Waals surface area contributed by atoms with Gasteiger partial charge in [-0.1, -0.05) is 30.3 Å². The van der Waals surface area contributed by atoms with Crippen molar-refractivity contribution in [1.82, 2.24) is 10.2 Å². The number of para-hydroxylation sites is 1. The van der Waals surface area contributed by atoms with Gasteiger partial charge in [-0.15, -0.1) is 24.0 Å². The van der Waals surface area contributed by atoms with Crippen molar-refractivity contribution in [2.75, 3.05) is 26.7 Å². The van der Waals surface area contributed by atoms with E-state index >= 15 is 0 Å². The zero-order valence-corrected chi connectivity index (χ0v) is 19.2. The summed E-state index contributed by atoms with van der Waals surface area (Å²) in [4.78, 5) is 6.63. The first kappa shape index (κ1) is 24.2. The molecule has 0 saturated heterocycles. The van der Waals surface area contributed by atoms with Crippen molar-refractivity contribution < 1.29 is 13.2 Å². The Labute approximate surface area is 184 Å². The van der Waals surface area contributed by atoms with E-state index in [1.165, 1.54) is 6.07 Å². The lowest BCUT2D eigenvalue weighted by molar-refractivity contribution is 0.281. The van der Waals surface area contributed by atoms with Crippen LogP contribution in [0, 0.1) is 0 Å². The van der Waals surface area contributed by atoms with Crippen LogP contribution in [0.1, 0.15) is 12.5 Å². The lowest BCUT2D eigenvalue weighted by Gasteiger charge is -2.22. The minimum Gasteiger partial charge on any atom is -0.492 e. The van der Waals surface area contributed by atoms with Crippen LogP contribution in [0.3, 0.4) is 0 Å². The standard InChI is InChI=1S/C19H26N4O3S.HI/c1-3-21-19(23(2)12-13-26-17-9-5-4-6-10-17)22-15-16-8-7-11-18(14-16)27(20,24)25;/h4-11,14H,3,12-13,15H2,1-2H3,(H,21,22)(H2,20,24,25);1H. The molecule has 0 heterocycles. The van der Waals surface area contributed by atoms with Gasteiger partial charge in [0, 0.05) is 13.6 Å². The molecule has 0 saturated carbocycles. The zero-order valence-electron chi connectivity index (χ0n) is 16.0. The fourth-order valence-electron chi connectivity index (χ4n) is 2.38. The van der Waals surface area contributed by atoms with E-state index in [0.29, 0.717) is 19.7 Å². The fourth-order valence-corrected chi connectivity index (χ4v) is 2.96. The number of nitrogens with one attached hydrogen (secondary N) is 1. The van der Waals surface area contributed by atoms with Crippen molar-refractivity contribution in [1.29, 1.82) is 0 Å². The molecule has 0 radical (unpaired) electrons. The molecule has 3 N–H and O–H groups in total. The first-order chi connectivity index (χ1) is 12.9. The van der Waals surface area contributed by atoms with Crippen LogP contribution in [0.5, 0.6) is 5.75 Å². The van der Waals surface area contributed by atoms with Gasteiger partial charge in [-0.25, -0.2) is 18.5 Å². The van der Waals surface area contributed by atoms with Gasteiger partial charge >= 0.3 is 0 Å². The predicted octanol–water partition coefficient (Wildman–Crippen LogP) is 2.43. The second-order valence-corrected chi connectivity index (χ2v) is 7.51. The molecule has 2 aromatic rings. The fraction of sp³-hybridized carbons (Fsp3) is 0.316. The second-order valence-electron chi connectivity index (χ2n) is 5.95. The molecule has 0 aliphatic carbocycles. The Morgan fingerprint density at radius 1 is 1.18 bits per heavy atom. The highest BCUT2D eigenvalue weighted by molar-refractivity contribution is 14.0. The van der Waals surface area contributed by atoms with E-state index in [-0.39, 0.29) is 28.9 Å². The molecule has 0 aromatic heterocycles. The monoisotopic (exact) mass is 518 g/mol. The molecule has 2 aromatic carbocycles. The molecule has 28 heavy (non-hydrogen) atoms. The number of aliphatic imine (C=N–C) groups is 1. The van der Waals surface area contributed by atoms with Crippen LogP contribution in [0.15, 0.2) is 64.5 Å². The lowest BCUT2D eigenvalue weighted by Crippen LogP contribution is -2.40. The number of ether oxygens (including phenoxy) is 1. The molecular weight excluding hydrogens is 491 g/mol. The van der Waals surface area contributed by atoms with Crippen LogP contribution in [-0.2, 0) is 16.6 Å². The molecule has 0 fully saturated rings. The Morgan fingerprint density at radius 2 is 1.89 bits per heavy atom. The third kappa shape index (κ3) is 8.03. The number of hydrogen-bond acceptors (Lipinski definition) is 4. The smallest absolute Gasteiger partial charge is 0.238 e. The van der Waals surface area contributed by atoms with Crippen LogP contribution in [-0.4, -0.2) is 46.0 Å². The lowest BCUT2D eigenvalue weighted by atomic mass is 10.2. The van der Waals surface area contributed by atoms with E-state index in [0.717, 1.165) is 23.8 Å². The van der Waals surface area contributed by atoms with E-state index in [9.17, 15) is 8.42 Å². The molecule has 0 aliphatic rings. The molecule has 9 heteroatoms. The molecular formula is C19H27IN4O3S. The molecule has 154 valence electrons. The maximum Gasteiger partial charge on any atom is 0.238 e. The molecule has 0 spiro atoms. The quantitative estimate of drug-likeness (QED) is 0.318. The Hall–Kier alpha value is -1.85. The van der Waals surface area contributed by atoms with Crippen molar-refractivity contribution >= 4 is 40.0 Å². The van der Waals surface area contributed by atoms with Crippen molar-refractivity contribution in [3.63, 3.8) is 0 Å². The summed E-state index contributed by atoms with van der Waals surface area (Å²) < 4.78 is 28.7. The first-order valence-corrected chi connectivity index (χ1v) is 10.2. The molecule has 2 rings (SSSR count). The number of guanidine groups is 1. The van der Waals surface area contributed by atoms with Crippen molar-refractivity contribution in [2.24, 2.45) is 10.1 Å². The van der Waals surface area contributed by atoms with E-state index in [4.69, 9.17) is 9.88 Å². The van der Waals surface area contributed by atoms with Gasteiger partial charge < -0.3 is 15.0 Å². The summed E-state index contributed by atoms with van der Waals surface area (Å²) in [6.45, 7) is 4.23. The number of nitrogens with zero attached hydrogens (tertiary/aromatic N) is 2. The SMILES string of the molecule is CCNC(=NCc1cccc(S(N)(=O)=O)c1)N(C)CCOc1ccccc1.I. The zero-order chi connectivity index (χ0) is 19.7. The molecule has 0 bridgehead atoms. The molecule has 0 amide bonds. The summed E-state index contributed by atoms with van der Waals surface area (Å²) in [5.41, 5.74) is 0.769. The third-order valence-electron chi connectivity index (χ3n) is 3.77. The summed E-state index contributed by atoms with van der Waals surface area (Å²) in [7, 11) is -1.79. The number of benzene rings is 2. The molecule has 7 nitrogen and oxygen atoms in total. The van der Waals surface area contributed by atoms with E-state index in [2.05, 4.69) is 10.3 Å². The van der Waals surface area contributed by atoms with E-state index < -0.39 is 10.0 Å². The van der Waals surface area contributed by atoms with Gasteiger partial charge in [0.15, 0.2) is 5.96 Å². The van der Waals surface area contributed by atoms with E-state index in [1.54, 1.807) is 12.1 Å². The van der Waals surface area contributed by atoms with Crippen LogP contribution < -0.4 is 15.2 Å². The first-order valence-electron chi connectivity index (χ1n) is 8.69. The average Bonchev–Trinajstić information content (AvgIpc) is 2.65. The highest BCUT2D eigenvalue weighted by atomic mass is 127. The predicted molar refractivity (Wildman–Crippen MR) is 123 cm³/mol. The van der Waals surface area contributed by atoms with Gasteiger partial charge in [0.1, 0.15) is 12.4 Å². The van der Waals surface area contributed by atoms with Gasteiger partial charge in [-0.2, -0.15) is 0 Å². The number of rotatable bonds is 8. The van der Waals surface area contributed by atoms with Gasteiger partial charge in [0.05, 0.1) is 18.0 Å². The Kier molecular flexibility index (Phi) is 10.3. The van der Waals surface area contributed by atoms with Crippen molar-refractivity contribution in [2.45, 2.75) is 18.4 Å². The number of nitrogens with two attached hydrogens (primary N) is 1.